The number of halogens is 1. The van der Waals surface area contributed by atoms with E-state index in [1.807, 2.05) is 31.2 Å². The first-order chi connectivity index (χ1) is 9.99. The van der Waals surface area contributed by atoms with Crippen molar-refractivity contribution in [2.45, 2.75) is 38.3 Å². The molecule has 5 heteroatoms. The average Bonchev–Trinajstić information content (AvgIpc) is 2.42. The number of hydrogen-bond acceptors (Lipinski definition) is 3. The highest BCUT2D eigenvalue weighted by molar-refractivity contribution is 6.31. The molecule has 1 aliphatic rings. The first kappa shape index (κ1) is 16.3. The van der Waals surface area contributed by atoms with Gasteiger partial charge in [0.2, 0.25) is 5.91 Å². The molecule has 2 atom stereocenters. The molecule has 4 N–H and O–H groups in total. The molecule has 1 amide bonds. The second kappa shape index (κ2) is 7.25. The number of likely N-dealkylation sites (tertiary alicyclic amines) is 1. The van der Waals surface area contributed by atoms with Crippen LogP contribution in [0.2, 0.25) is 5.02 Å². The molecule has 116 valence electrons. The zero-order valence-corrected chi connectivity index (χ0v) is 13.2. The highest BCUT2D eigenvalue weighted by Crippen LogP contribution is 2.33. The van der Waals surface area contributed by atoms with Crippen molar-refractivity contribution in [1.82, 2.24) is 4.90 Å². The SMILES string of the molecule is CC(N)C(c1ccccc1Cl)N1CCC(CC(N)=O)CC1. The van der Waals surface area contributed by atoms with Gasteiger partial charge in [-0.15, -0.1) is 0 Å². The monoisotopic (exact) mass is 309 g/mol. The normalized spacial score (nSPS) is 20.1. The number of piperidine rings is 1. The lowest BCUT2D eigenvalue weighted by atomic mass is 9.90. The van der Waals surface area contributed by atoms with E-state index in [-0.39, 0.29) is 18.0 Å². The fourth-order valence-corrected chi connectivity index (χ4v) is 3.49. The van der Waals surface area contributed by atoms with E-state index in [9.17, 15) is 4.79 Å². The fraction of sp³-hybridized carbons (Fsp3) is 0.562. The Morgan fingerprint density at radius 3 is 2.52 bits per heavy atom. The molecular weight excluding hydrogens is 286 g/mol. The minimum Gasteiger partial charge on any atom is -0.370 e. The van der Waals surface area contributed by atoms with Crippen LogP contribution in [-0.2, 0) is 4.79 Å². The van der Waals surface area contributed by atoms with E-state index in [1.54, 1.807) is 0 Å². The molecule has 1 fully saturated rings. The molecule has 1 saturated heterocycles. The summed E-state index contributed by atoms with van der Waals surface area (Å²) >= 11 is 6.34. The zero-order valence-electron chi connectivity index (χ0n) is 12.5. The smallest absolute Gasteiger partial charge is 0.217 e. The van der Waals surface area contributed by atoms with Gasteiger partial charge in [0.05, 0.1) is 6.04 Å². The van der Waals surface area contributed by atoms with Gasteiger partial charge in [-0.05, 0) is 50.4 Å². The molecule has 4 nitrogen and oxygen atoms in total. The van der Waals surface area contributed by atoms with Crippen LogP contribution in [0.4, 0.5) is 0 Å². The van der Waals surface area contributed by atoms with Crippen molar-refractivity contribution in [2.24, 2.45) is 17.4 Å². The van der Waals surface area contributed by atoms with Gasteiger partial charge in [-0.25, -0.2) is 0 Å². The van der Waals surface area contributed by atoms with Gasteiger partial charge in [0, 0.05) is 17.5 Å². The molecule has 0 radical (unpaired) electrons. The molecule has 2 rings (SSSR count). The van der Waals surface area contributed by atoms with Crippen LogP contribution in [0, 0.1) is 5.92 Å². The number of carbonyl (C=O) groups is 1. The van der Waals surface area contributed by atoms with E-state index in [1.165, 1.54) is 0 Å². The van der Waals surface area contributed by atoms with Crippen molar-refractivity contribution in [1.29, 1.82) is 0 Å². The number of nitrogens with zero attached hydrogens (tertiary/aromatic N) is 1. The topological polar surface area (TPSA) is 72.3 Å². The Hall–Kier alpha value is -1.10. The van der Waals surface area contributed by atoms with Crippen LogP contribution in [-0.4, -0.2) is 29.9 Å². The number of nitrogens with two attached hydrogens (primary N) is 2. The predicted octanol–water partition coefficient (Wildman–Crippen LogP) is 2.32. The first-order valence-corrected chi connectivity index (χ1v) is 7.89. The summed E-state index contributed by atoms with van der Waals surface area (Å²) in [6.07, 6.45) is 2.45. The third-order valence-electron chi connectivity index (χ3n) is 4.25. The molecule has 1 aliphatic heterocycles. The number of amides is 1. The lowest BCUT2D eigenvalue weighted by Crippen LogP contribution is -2.44. The fourth-order valence-electron chi connectivity index (χ4n) is 3.25. The van der Waals surface area contributed by atoms with Crippen molar-refractivity contribution in [3.05, 3.63) is 34.9 Å². The molecule has 0 saturated carbocycles. The molecule has 1 aromatic carbocycles. The minimum atomic E-state index is -0.205. The van der Waals surface area contributed by atoms with E-state index in [0.717, 1.165) is 36.5 Å². The maximum Gasteiger partial charge on any atom is 0.217 e. The van der Waals surface area contributed by atoms with Gasteiger partial charge in [0.25, 0.3) is 0 Å². The van der Waals surface area contributed by atoms with Gasteiger partial charge in [-0.1, -0.05) is 29.8 Å². The van der Waals surface area contributed by atoms with E-state index in [4.69, 9.17) is 23.1 Å². The molecule has 0 spiro atoms. The number of primary amides is 1. The van der Waals surface area contributed by atoms with Gasteiger partial charge >= 0.3 is 0 Å². The van der Waals surface area contributed by atoms with Crippen molar-refractivity contribution in [3.8, 4) is 0 Å². The lowest BCUT2D eigenvalue weighted by molar-refractivity contribution is -0.119. The second-order valence-corrected chi connectivity index (χ2v) is 6.38. The maximum absolute atomic E-state index is 11.0. The highest BCUT2D eigenvalue weighted by Gasteiger charge is 2.29. The predicted molar refractivity (Wildman–Crippen MR) is 86.0 cm³/mol. The molecule has 0 bridgehead atoms. The van der Waals surface area contributed by atoms with Crippen molar-refractivity contribution >= 4 is 17.5 Å². The Kier molecular flexibility index (Phi) is 5.62. The van der Waals surface area contributed by atoms with Gasteiger partial charge < -0.3 is 11.5 Å². The van der Waals surface area contributed by atoms with Crippen LogP contribution in [0.1, 0.15) is 37.8 Å². The van der Waals surface area contributed by atoms with Crippen LogP contribution < -0.4 is 11.5 Å². The summed E-state index contributed by atoms with van der Waals surface area (Å²) in [5.74, 6) is 0.196. The van der Waals surface area contributed by atoms with Gasteiger partial charge in [0.1, 0.15) is 0 Å². The molecule has 21 heavy (non-hydrogen) atoms. The summed E-state index contributed by atoms with van der Waals surface area (Å²) in [6.45, 7) is 3.87. The molecular formula is C16H24ClN3O. The van der Waals surface area contributed by atoms with Crippen LogP contribution in [0.15, 0.2) is 24.3 Å². The summed E-state index contributed by atoms with van der Waals surface area (Å²) in [4.78, 5) is 13.4. The molecule has 0 aromatic heterocycles. The summed E-state index contributed by atoms with van der Waals surface area (Å²) in [5, 5.41) is 0.763. The molecule has 1 heterocycles. The van der Waals surface area contributed by atoms with Crippen LogP contribution in [0.3, 0.4) is 0 Å². The van der Waals surface area contributed by atoms with E-state index < -0.39 is 0 Å². The third-order valence-corrected chi connectivity index (χ3v) is 4.60. The third kappa shape index (κ3) is 4.19. The van der Waals surface area contributed by atoms with Gasteiger partial charge in [-0.2, -0.15) is 0 Å². The van der Waals surface area contributed by atoms with Gasteiger partial charge in [0.15, 0.2) is 0 Å². The van der Waals surface area contributed by atoms with E-state index in [0.29, 0.717) is 12.3 Å². The number of hydrogen-bond donors (Lipinski definition) is 2. The van der Waals surface area contributed by atoms with Gasteiger partial charge in [-0.3, -0.25) is 9.69 Å². The van der Waals surface area contributed by atoms with Crippen LogP contribution in [0.5, 0.6) is 0 Å². The number of carbonyl (C=O) groups excluding carboxylic acids is 1. The van der Waals surface area contributed by atoms with E-state index >= 15 is 0 Å². The Morgan fingerprint density at radius 1 is 1.38 bits per heavy atom. The summed E-state index contributed by atoms with van der Waals surface area (Å²) < 4.78 is 0. The van der Waals surface area contributed by atoms with Crippen molar-refractivity contribution in [3.63, 3.8) is 0 Å². The molecule has 2 unspecified atom stereocenters. The van der Waals surface area contributed by atoms with Crippen molar-refractivity contribution < 1.29 is 4.79 Å². The largest absolute Gasteiger partial charge is 0.370 e. The van der Waals surface area contributed by atoms with Crippen LogP contribution in [0.25, 0.3) is 0 Å². The molecule has 0 aliphatic carbocycles. The number of rotatable bonds is 5. The van der Waals surface area contributed by atoms with Crippen LogP contribution >= 0.6 is 11.6 Å². The average molecular weight is 310 g/mol. The second-order valence-electron chi connectivity index (χ2n) is 5.98. The standard InChI is InChI=1S/C16H24ClN3O/c1-11(18)16(13-4-2-3-5-14(13)17)20-8-6-12(7-9-20)10-15(19)21/h2-5,11-12,16H,6-10,18H2,1H3,(H2,19,21). The Labute approximate surface area is 131 Å². The highest BCUT2D eigenvalue weighted by atomic mass is 35.5. The minimum absolute atomic E-state index is 0.00223. The maximum atomic E-state index is 11.0. The van der Waals surface area contributed by atoms with Crippen molar-refractivity contribution in [2.75, 3.05) is 13.1 Å². The number of benzene rings is 1. The quantitative estimate of drug-likeness (QED) is 0.876. The summed E-state index contributed by atoms with van der Waals surface area (Å²) in [7, 11) is 0. The Bertz CT molecular complexity index is 484. The zero-order chi connectivity index (χ0) is 15.4. The molecule has 1 aromatic rings. The Balaban J connectivity index is 2.08. The summed E-state index contributed by atoms with van der Waals surface area (Å²) in [6, 6.07) is 8.00. The van der Waals surface area contributed by atoms with E-state index in [2.05, 4.69) is 4.90 Å². The summed E-state index contributed by atoms with van der Waals surface area (Å²) in [5.41, 5.74) is 12.6. The Morgan fingerprint density at radius 2 is 2.00 bits per heavy atom. The first-order valence-electron chi connectivity index (χ1n) is 7.51. The lowest BCUT2D eigenvalue weighted by Gasteiger charge is -2.39.